The molecule has 1 amide bonds. The van der Waals surface area contributed by atoms with E-state index in [4.69, 9.17) is 4.74 Å². The van der Waals surface area contributed by atoms with Crippen molar-refractivity contribution in [3.8, 4) is 0 Å². The standard InChI is InChI=1S/C21H18N2O4S/c24-20(25)18-13-28-19(16-10-11-22-17-9-5-4-8-15(16)17)23(18)21(26)27-12-14-6-2-1-3-7-14/h1-11,18-19H,12-13H2,(H,24,25). The molecule has 28 heavy (non-hydrogen) atoms. The van der Waals surface area contributed by atoms with Gasteiger partial charge >= 0.3 is 12.1 Å². The first kappa shape index (κ1) is 18.3. The summed E-state index contributed by atoms with van der Waals surface area (Å²) in [6, 6.07) is 17.8. The number of rotatable bonds is 4. The van der Waals surface area contributed by atoms with Crippen LogP contribution in [0.25, 0.3) is 10.9 Å². The van der Waals surface area contributed by atoms with Crippen LogP contribution in [0.3, 0.4) is 0 Å². The SMILES string of the molecule is O=C(O)C1CSC(c2ccnc3ccccc23)N1C(=O)OCc1ccccc1. The van der Waals surface area contributed by atoms with E-state index < -0.39 is 23.5 Å². The maximum atomic E-state index is 12.9. The van der Waals surface area contributed by atoms with Gasteiger partial charge in [0.05, 0.1) is 5.52 Å². The van der Waals surface area contributed by atoms with E-state index in [2.05, 4.69) is 4.98 Å². The van der Waals surface area contributed by atoms with Crippen molar-refractivity contribution in [1.29, 1.82) is 0 Å². The number of hydrogen-bond donors (Lipinski definition) is 1. The van der Waals surface area contributed by atoms with Crippen molar-refractivity contribution in [2.45, 2.75) is 18.0 Å². The minimum absolute atomic E-state index is 0.0942. The number of aliphatic carboxylic acids is 1. The Balaban J connectivity index is 1.64. The van der Waals surface area contributed by atoms with Gasteiger partial charge in [-0.15, -0.1) is 11.8 Å². The van der Waals surface area contributed by atoms with Crippen molar-refractivity contribution < 1.29 is 19.4 Å². The Hall–Kier alpha value is -3.06. The molecular weight excluding hydrogens is 376 g/mol. The van der Waals surface area contributed by atoms with Crippen LogP contribution in [0.15, 0.2) is 66.9 Å². The number of carboxylic acids is 1. The van der Waals surface area contributed by atoms with Gasteiger partial charge in [0.15, 0.2) is 0 Å². The van der Waals surface area contributed by atoms with Crippen LogP contribution < -0.4 is 0 Å². The summed E-state index contributed by atoms with van der Waals surface area (Å²) in [6.07, 6.45) is 1.05. The van der Waals surface area contributed by atoms with Gasteiger partial charge in [-0.3, -0.25) is 9.88 Å². The Kier molecular flexibility index (Phi) is 5.16. The molecule has 3 aromatic rings. The summed E-state index contributed by atoms with van der Waals surface area (Å²) in [4.78, 5) is 30.3. The Bertz CT molecular complexity index is 1010. The van der Waals surface area contributed by atoms with Crippen LogP contribution in [0, 0.1) is 0 Å². The third-order valence-corrected chi connectivity index (χ3v) is 5.96. The van der Waals surface area contributed by atoms with Gasteiger partial charge in [0.2, 0.25) is 0 Å². The molecule has 1 aliphatic heterocycles. The molecule has 2 heterocycles. The summed E-state index contributed by atoms with van der Waals surface area (Å²) in [7, 11) is 0. The van der Waals surface area contributed by atoms with Gasteiger partial charge in [0.25, 0.3) is 0 Å². The number of pyridine rings is 1. The number of para-hydroxylation sites is 1. The molecule has 1 saturated heterocycles. The normalized spacial score (nSPS) is 18.9. The average Bonchev–Trinajstić information content (AvgIpc) is 3.18. The predicted octanol–water partition coefficient (Wildman–Crippen LogP) is 4.07. The minimum atomic E-state index is -1.04. The number of hydrogen-bond acceptors (Lipinski definition) is 5. The number of aromatic nitrogens is 1. The number of benzene rings is 2. The van der Waals surface area contributed by atoms with Crippen molar-refractivity contribution >= 4 is 34.7 Å². The monoisotopic (exact) mass is 394 g/mol. The molecule has 0 bridgehead atoms. The van der Waals surface area contributed by atoms with E-state index in [0.29, 0.717) is 5.75 Å². The first-order chi connectivity index (χ1) is 13.6. The molecular formula is C21H18N2O4S. The predicted molar refractivity (Wildman–Crippen MR) is 107 cm³/mol. The number of amides is 1. The van der Waals surface area contributed by atoms with Crippen LogP contribution in [-0.4, -0.2) is 38.8 Å². The Morgan fingerprint density at radius 2 is 1.86 bits per heavy atom. The zero-order chi connectivity index (χ0) is 19.5. The highest BCUT2D eigenvalue weighted by Crippen LogP contribution is 2.43. The molecule has 6 nitrogen and oxygen atoms in total. The first-order valence-corrected chi connectivity index (χ1v) is 9.87. The summed E-state index contributed by atoms with van der Waals surface area (Å²) >= 11 is 1.42. The molecule has 1 N–H and O–H groups in total. The van der Waals surface area contributed by atoms with Crippen molar-refractivity contribution in [3.05, 3.63) is 78.0 Å². The van der Waals surface area contributed by atoms with Crippen LogP contribution >= 0.6 is 11.8 Å². The molecule has 1 fully saturated rings. The lowest BCUT2D eigenvalue weighted by Gasteiger charge is -2.27. The average molecular weight is 394 g/mol. The van der Waals surface area contributed by atoms with Crippen molar-refractivity contribution in [3.63, 3.8) is 0 Å². The second-order valence-electron chi connectivity index (χ2n) is 6.40. The maximum Gasteiger partial charge on any atom is 0.412 e. The summed E-state index contributed by atoms with van der Waals surface area (Å²) in [5.41, 5.74) is 2.51. The van der Waals surface area contributed by atoms with Crippen LogP contribution in [0.4, 0.5) is 4.79 Å². The summed E-state index contributed by atoms with van der Waals surface area (Å²) in [5.74, 6) is -0.734. The lowest BCUT2D eigenvalue weighted by molar-refractivity contribution is -0.141. The fraction of sp³-hybridized carbons (Fsp3) is 0.190. The molecule has 0 saturated carbocycles. The van der Waals surface area contributed by atoms with E-state index >= 15 is 0 Å². The zero-order valence-electron chi connectivity index (χ0n) is 14.9. The lowest BCUT2D eigenvalue weighted by atomic mass is 10.1. The Morgan fingerprint density at radius 1 is 1.11 bits per heavy atom. The molecule has 2 unspecified atom stereocenters. The number of fused-ring (bicyclic) bond motifs is 1. The van der Waals surface area contributed by atoms with Crippen molar-refractivity contribution in [1.82, 2.24) is 9.88 Å². The van der Waals surface area contributed by atoms with Crippen LogP contribution in [0.5, 0.6) is 0 Å². The fourth-order valence-electron chi connectivity index (χ4n) is 3.29. The number of nitrogens with zero attached hydrogens (tertiary/aromatic N) is 2. The van der Waals surface area contributed by atoms with Gasteiger partial charge in [-0.2, -0.15) is 0 Å². The zero-order valence-corrected chi connectivity index (χ0v) is 15.7. The number of carbonyl (C=O) groups excluding carboxylic acids is 1. The Morgan fingerprint density at radius 3 is 2.64 bits per heavy atom. The Labute approximate surface area is 166 Å². The quantitative estimate of drug-likeness (QED) is 0.718. The lowest BCUT2D eigenvalue weighted by Crippen LogP contribution is -2.43. The van der Waals surface area contributed by atoms with E-state index in [-0.39, 0.29) is 6.61 Å². The van der Waals surface area contributed by atoms with Gasteiger partial charge in [-0.25, -0.2) is 9.59 Å². The second-order valence-corrected chi connectivity index (χ2v) is 7.52. The molecule has 2 atom stereocenters. The third kappa shape index (κ3) is 3.53. The highest BCUT2D eigenvalue weighted by Gasteiger charge is 2.44. The highest BCUT2D eigenvalue weighted by molar-refractivity contribution is 7.99. The molecule has 0 spiro atoms. The number of carboxylic acid groups (broad SMARTS) is 1. The smallest absolute Gasteiger partial charge is 0.412 e. The number of thioether (sulfide) groups is 1. The summed E-state index contributed by atoms with van der Waals surface area (Å²) in [5, 5.41) is 10.1. The second kappa shape index (κ2) is 7.90. The van der Waals surface area contributed by atoms with Crippen molar-refractivity contribution in [2.75, 3.05) is 5.75 Å². The molecule has 0 radical (unpaired) electrons. The van der Waals surface area contributed by atoms with E-state index in [1.807, 2.05) is 60.7 Å². The maximum absolute atomic E-state index is 12.9. The molecule has 1 aliphatic rings. The van der Waals surface area contributed by atoms with E-state index in [1.165, 1.54) is 16.7 Å². The molecule has 2 aromatic carbocycles. The molecule has 1 aromatic heterocycles. The molecule has 142 valence electrons. The van der Waals surface area contributed by atoms with E-state index in [9.17, 15) is 14.7 Å². The summed E-state index contributed by atoms with van der Waals surface area (Å²) in [6.45, 7) is 0.0942. The van der Waals surface area contributed by atoms with Crippen molar-refractivity contribution in [2.24, 2.45) is 0 Å². The molecule has 0 aliphatic carbocycles. The largest absolute Gasteiger partial charge is 0.480 e. The summed E-state index contributed by atoms with van der Waals surface area (Å²) < 4.78 is 5.45. The van der Waals surface area contributed by atoms with Gasteiger partial charge in [-0.05, 0) is 23.3 Å². The fourth-order valence-corrected chi connectivity index (χ4v) is 4.73. The topological polar surface area (TPSA) is 79.7 Å². The van der Waals surface area contributed by atoms with E-state index in [0.717, 1.165) is 22.0 Å². The van der Waals surface area contributed by atoms with Gasteiger partial charge < -0.3 is 9.84 Å². The van der Waals surface area contributed by atoms with Crippen LogP contribution in [-0.2, 0) is 16.1 Å². The number of carbonyl (C=O) groups is 2. The highest BCUT2D eigenvalue weighted by atomic mass is 32.2. The first-order valence-electron chi connectivity index (χ1n) is 8.82. The van der Waals surface area contributed by atoms with Gasteiger partial charge in [0.1, 0.15) is 18.0 Å². The van der Waals surface area contributed by atoms with Crippen LogP contribution in [0.2, 0.25) is 0 Å². The number of ether oxygens (including phenoxy) is 1. The minimum Gasteiger partial charge on any atom is -0.480 e. The van der Waals surface area contributed by atoms with Gasteiger partial charge in [-0.1, -0.05) is 48.5 Å². The van der Waals surface area contributed by atoms with E-state index in [1.54, 1.807) is 6.20 Å². The molecule has 4 rings (SSSR count). The van der Waals surface area contributed by atoms with Gasteiger partial charge in [0, 0.05) is 17.3 Å². The third-order valence-electron chi connectivity index (χ3n) is 4.65. The van der Waals surface area contributed by atoms with Crippen LogP contribution in [0.1, 0.15) is 16.5 Å². The molecule has 7 heteroatoms.